The van der Waals surface area contributed by atoms with Crippen molar-refractivity contribution in [1.29, 1.82) is 0 Å². The number of nitrogens with one attached hydrogen (secondary N) is 2. The second kappa shape index (κ2) is 4.89. The molecule has 1 saturated carbocycles. The van der Waals surface area contributed by atoms with Crippen molar-refractivity contribution in [2.24, 2.45) is 11.8 Å². The Hall–Kier alpha value is -1.69. The zero-order chi connectivity index (χ0) is 11.4. The van der Waals surface area contributed by atoms with E-state index in [-0.39, 0.29) is 11.6 Å². The summed E-state index contributed by atoms with van der Waals surface area (Å²) in [6, 6.07) is 0. The van der Waals surface area contributed by atoms with Gasteiger partial charge in [0, 0.05) is 6.54 Å². The maximum Gasteiger partial charge on any atom is 0.271 e. The van der Waals surface area contributed by atoms with Crippen LogP contribution in [0.1, 0.15) is 29.8 Å². The predicted molar refractivity (Wildman–Crippen MR) is 59.5 cm³/mol. The van der Waals surface area contributed by atoms with Gasteiger partial charge in [0.25, 0.3) is 5.91 Å². The molecular formula is C10H15N5O. The lowest BCUT2D eigenvalue weighted by atomic mass is 9.85. The largest absolute Gasteiger partial charge is 0.350 e. The van der Waals surface area contributed by atoms with Crippen LogP contribution in [0.3, 0.4) is 0 Å². The molecule has 16 heavy (non-hydrogen) atoms. The number of carbonyl (C=O) groups excluding carboxylic acids is 1. The molecule has 1 heterocycles. The van der Waals surface area contributed by atoms with Crippen molar-refractivity contribution >= 4 is 11.7 Å². The molecule has 1 aromatic heterocycles. The van der Waals surface area contributed by atoms with Crippen molar-refractivity contribution < 1.29 is 4.79 Å². The van der Waals surface area contributed by atoms with Crippen LogP contribution in [0.15, 0.2) is 12.4 Å². The van der Waals surface area contributed by atoms with Crippen molar-refractivity contribution in [2.75, 3.05) is 12.0 Å². The van der Waals surface area contributed by atoms with E-state index >= 15 is 0 Å². The van der Waals surface area contributed by atoms with E-state index in [2.05, 4.69) is 20.7 Å². The van der Waals surface area contributed by atoms with Gasteiger partial charge in [-0.2, -0.15) is 0 Å². The number of anilines is 1. The van der Waals surface area contributed by atoms with E-state index in [1.165, 1.54) is 31.7 Å². The van der Waals surface area contributed by atoms with Crippen LogP contribution in [-0.4, -0.2) is 22.4 Å². The summed E-state index contributed by atoms with van der Waals surface area (Å²) in [5.74, 6) is 6.01. The lowest BCUT2D eigenvalue weighted by Crippen LogP contribution is -2.32. The molecule has 2 rings (SSSR count). The summed E-state index contributed by atoms with van der Waals surface area (Å²) < 4.78 is 0. The molecule has 4 N–H and O–H groups in total. The molecule has 0 bridgehead atoms. The standard InChI is InChI=1S/C10H15N5O/c11-15-9-6-12-5-8(14-9)10(16)13-4-7-2-1-3-7/h5-7H,1-4,11H2,(H,13,16)(H,14,15). The molecule has 0 saturated heterocycles. The van der Waals surface area contributed by atoms with Crippen LogP contribution >= 0.6 is 0 Å². The van der Waals surface area contributed by atoms with E-state index in [0.717, 1.165) is 6.54 Å². The Balaban J connectivity index is 1.91. The maximum absolute atomic E-state index is 11.7. The number of hydrogen-bond donors (Lipinski definition) is 3. The van der Waals surface area contributed by atoms with Gasteiger partial charge >= 0.3 is 0 Å². The van der Waals surface area contributed by atoms with Crippen molar-refractivity contribution in [3.63, 3.8) is 0 Å². The fraction of sp³-hybridized carbons (Fsp3) is 0.500. The highest BCUT2D eigenvalue weighted by molar-refractivity contribution is 5.92. The third-order valence-corrected chi connectivity index (χ3v) is 2.79. The summed E-state index contributed by atoms with van der Waals surface area (Å²) >= 11 is 0. The van der Waals surface area contributed by atoms with Crippen molar-refractivity contribution in [3.05, 3.63) is 18.1 Å². The number of aromatic nitrogens is 2. The summed E-state index contributed by atoms with van der Waals surface area (Å²) in [7, 11) is 0. The molecule has 1 aromatic rings. The number of hydrazine groups is 1. The van der Waals surface area contributed by atoms with Gasteiger partial charge in [0.1, 0.15) is 5.69 Å². The maximum atomic E-state index is 11.7. The number of nitrogen functional groups attached to an aromatic ring is 1. The Kier molecular flexibility index (Phi) is 3.31. The molecular weight excluding hydrogens is 206 g/mol. The Morgan fingerprint density at radius 1 is 1.50 bits per heavy atom. The minimum absolute atomic E-state index is 0.198. The quantitative estimate of drug-likeness (QED) is 0.502. The van der Waals surface area contributed by atoms with Gasteiger partial charge in [0.15, 0.2) is 5.82 Å². The molecule has 1 aliphatic carbocycles. The van der Waals surface area contributed by atoms with Crippen LogP contribution in [0.25, 0.3) is 0 Å². The van der Waals surface area contributed by atoms with Gasteiger partial charge in [-0.05, 0) is 18.8 Å². The monoisotopic (exact) mass is 221 g/mol. The first-order chi connectivity index (χ1) is 7.79. The van der Waals surface area contributed by atoms with E-state index in [1.54, 1.807) is 0 Å². The average Bonchev–Trinajstić information content (AvgIpc) is 2.27. The Morgan fingerprint density at radius 2 is 2.31 bits per heavy atom. The SMILES string of the molecule is NNc1cncc(C(=O)NCC2CCC2)n1. The van der Waals surface area contributed by atoms with E-state index in [4.69, 9.17) is 5.84 Å². The lowest BCUT2D eigenvalue weighted by molar-refractivity contribution is 0.0934. The van der Waals surface area contributed by atoms with Crippen LogP contribution < -0.4 is 16.6 Å². The van der Waals surface area contributed by atoms with E-state index < -0.39 is 0 Å². The molecule has 0 aliphatic heterocycles. The first kappa shape index (κ1) is 10.8. The summed E-state index contributed by atoms with van der Waals surface area (Å²) in [6.45, 7) is 0.723. The second-order valence-corrected chi connectivity index (χ2v) is 3.94. The third-order valence-electron chi connectivity index (χ3n) is 2.79. The molecule has 6 heteroatoms. The van der Waals surface area contributed by atoms with Crippen molar-refractivity contribution in [1.82, 2.24) is 15.3 Å². The number of rotatable bonds is 4. The van der Waals surface area contributed by atoms with Crippen LogP contribution in [0.4, 0.5) is 5.82 Å². The molecule has 86 valence electrons. The van der Waals surface area contributed by atoms with Gasteiger partial charge in [-0.25, -0.2) is 10.8 Å². The van der Waals surface area contributed by atoms with Crippen molar-refractivity contribution in [3.8, 4) is 0 Å². The van der Waals surface area contributed by atoms with Gasteiger partial charge in [0.05, 0.1) is 12.4 Å². The summed E-state index contributed by atoms with van der Waals surface area (Å²) in [5.41, 5.74) is 2.64. The fourth-order valence-corrected chi connectivity index (χ4v) is 1.57. The molecule has 6 nitrogen and oxygen atoms in total. The van der Waals surface area contributed by atoms with Gasteiger partial charge in [-0.1, -0.05) is 6.42 Å². The molecule has 0 atom stereocenters. The van der Waals surface area contributed by atoms with Crippen LogP contribution in [-0.2, 0) is 0 Å². The second-order valence-electron chi connectivity index (χ2n) is 3.94. The van der Waals surface area contributed by atoms with Gasteiger partial charge in [0.2, 0.25) is 0 Å². The molecule has 1 fully saturated rings. The first-order valence-electron chi connectivity index (χ1n) is 5.36. The molecule has 0 aromatic carbocycles. The van der Waals surface area contributed by atoms with E-state index in [1.807, 2.05) is 0 Å². The number of amides is 1. The zero-order valence-corrected chi connectivity index (χ0v) is 8.94. The third kappa shape index (κ3) is 2.46. The number of nitrogens with zero attached hydrogens (tertiary/aromatic N) is 2. The summed E-state index contributed by atoms with van der Waals surface area (Å²) in [4.78, 5) is 19.5. The number of hydrogen-bond acceptors (Lipinski definition) is 5. The average molecular weight is 221 g/mol. The predicted octanol–water partition coefficient (Wildman–Crippen LogP) is 0.292. The zero-order valence-electron chi connectivity index (χ0n) is 8.94. The van der Waals surface area contributed by atoms with Gasteiger partial charge in [-0.15, -0.1) is 0 Å². The molecule has 1 aliphatic rings. The summed E-state index contributed by atoms with van der Waals surface area (Å²) in [5, 5.41) is 2.84. The van der Waals surface area contributed by atoms with E-state index in [9.17, 15) is 4.79 Å². The molecule has 0 unspecified atom stereocenters. The minimum atomic E-state index is -0.198. The highest BCUT2D eigenvalue weighted by atomic mass is 16.1. The van der Waals surface area contributed by atoms with Crippen LogP contribution in [0.5, 0.6) is 0 Å². The minimum Gasteiger partial charge on any atom is -0.350 e. The highest BCUT2D eigenvalue weighted by Gasteiger charge is 2.18. The number of nitrogens with two attached hydrogens (primary N) is 1. The Bertz CT molecular complexity index is 377. The van der Waals surface area contributed by atoms with Crippen LogP contribution in [0.2, 0.25) is 0 Å². The lowest BCUT2D eigenvalue weighted by Gasteiger charge is -2.25. The summed E-state index contributed by atoms with van der Waals surface area (Å²) in [6.07, 6.45) is 6.57. The Morgan fingerprint density at radius 3 is 2.94 bits per heavy atom. The number of carbonyl (C=O) groups is 1. The molecule has 1 amide bonds. The highest BCUT2D eigenvalue weighted by Crippen LogP contribution is 2.25. The topological polar surface area (TPSA) is 92.9 Å². The van der Waals surface area contributed by atoms with Gasteiger partial charge < -0.3 is 10.7 Å². The molecule has 0 spiro atoms. The van der Waals surface area contributed by atoms with Crippen molar-refractivity contribution in [2.45, 2.75) is 19.3 Å². The van der Waals surface area contributed by atoms with Gasteiger partial charge in [-0.3, -0.25) is 9.78 Å². The smallest absolute Gasteiger partial charge is 0.271 e. The normalized spacial score (nSPS) is 15.3. The van der Waals surface area contributed by atoms with Crippen LogP contribution in [0, 0.1) is 5.92 Å². The molecule has 0 radical (unpaired) electrons. The fourth-order valence-electron chi connectivity index (χ4n) is 1.57. The Labute approximate surface area is 93.6 Å². The van der Waals surface area contributed by atoms with E-state index in [0.29, 0.717) is 11.7 Å². The first-order valence-corrected chi connectivity index (χ1v) is 5.36.